The minimum absolute atomic E-state index is 0.0279. The van der Waals surface area contributed by atoms with Crippen LogP contribution in [0.3, 0.4) is 0 Å². The van der Waals surface area contributed by atoms with Gasteiger partial charge in [-0.05, 0) is 37.0 Å². The van der Waals surface area contributed by atoms with Crippen molar-refractivity contribution in [2.45, 2.75) is 39.3 Å². The first-order valence-electron chi connectivity index (χ1n) is 10.3. The van der Waals surface area contributed by atoms with Crippen LogP contribution in [0.5, 0.6) is 0 Å². The second-order valence-corrected chi connectivity index (χ2v) is 8.89. The van der Waals surface area contributed by atoms with Gasteiger partial charge in [0, 0.05) is 23.2 Å². The highest BCUT2D eigenvalue weighted by Gasteiger charge is 2.30. The number of hydrogen-bond donors (Lipinski definition) is 0. The predicted octanol–water partition coefficient (Wildman–Crippen LogP) is 4.46. The Kier molecular flexibility index (Phi) is 4.66. The van der Waals surface area contributed by atoms with Crippen LogP contribution in [0, 0.1) is 6.92 Å². The standard InChI is InChI=1S/C24H23N3O2S/c1-3-19(23(28)26-13-12-16-8-4-5-9-17(16)14-26)27-24(29)21-18-10-6-7-11-20(18)30-22(21)15(2)25-27/h4-11,19H,3,12-14H2,1-2H3. The van der Waals surface area contributed by atoms with Crippen molar-refractivity contribution >= 4 is 37.4 Å². The zero-order chi connectivity index (χ0) is 20.8. The minimum atomic E-state index is -0.593. The number of amides is 1. The van der Waals surface area contributed by atoms with Crippen molar-refractivity contribution in [3.05, 3.63) is 75.7 Å². The van der Waals surface area contributed by atoms with Gasteiger partial charge in [-0.25, -0.2) is 4.68 Å². The van der Waals surface area contributed by atoms with Crippen molar-refractivity contribution < 1.29 is 4.79 Å². The second-order valence-electron chi connectivity index (χ2n) is 7.84. The Bertz CT molecular complexity index is 1340. The number of benzene rings is 2. The first-order valence-corrected chi connectivity index (χ1v) is 11.2. The van der Waals surface area contributed by atoms with E-state index in [4.69, 9.17) is 0 Å². The molecule has 0 radical (unpaired) electrons. The van der Waals surface area contributed by atoms with Gasteiger partial charge < -0.3 is 4.90 Å². The molecule has 30 heavy (non-hydrogen) atoms. The molecular formula is C24H23N3O2S. The molecule has 0 aliphatic carbocycles. The summed E-state index contributed by atoms with van der Waals surface area (Å²) in [6, 6.07) is 15.6. The summed E-state index contributed by atoms with van der Waals surface area (Å²) in [6.45, 7) is 5.12. The molecule has 1 atom stereocenters. The normalized spacial score (nSPS) is 14.8. The Morgan fingerprint density at radius 3 is 2.67 bits per heavy atom. The van der Waals surface area contributed by atoms with Crippen LogP contribution in [-0.4, -0.2) is 27.1 Å². The fraction of sp³-hybridized carbons (Fsp3) is 0.292. The van der Waals surface area contributed by atoms with Crippen molar-refractivity contribution in [1.82, 2.24) is 14.7 Å². The number of hydrogen-bond acceptors (Lipinski definition) is 4. The lowest BCUT2D eigenvalue weighted by molar-refractivity contribution is -0.136. The fourth-order valence-corrected chi connectivity index (χ4v) is 5.57. The monoisotopic (exact) mass is 417 g/mol. The summed E-state index contributed by atoms with van der Waals surface area (Å²) in [5.41, 5.74) is 3.10. The van der Waals surface area contributed by atoms with Gasteiger partial charge in [0.2, 0.25) is 5.91 Å². The zero-order valence-electron chi connectivity index (χ0n) is 17.1. The van der Waals surface area contributed by atoms with Crippen LogP contribution in [-0.2, 0) is 17.8 Å². The maximum atomic E-state index is 13.5. The summed E-state index contributed by atoms with van der Waals surface area (Å²) in [5.74, 6) is -0.0279. The van der Waals surface area contributed by atoms with Crippen molar-refractivity contribution in [1.29, 1.82) is 0 Å². The lowest BCUT2D eigenvalue weighted by Crippen LogP contribution is -2.43. The molecule has 1 unspecified atom stereocenters. The van der Waals surface area contributed by atoms with E-state index in [2.05, 4.69) is 17.2 Å². The van der Waals surface area contributed by atoms with Gasteiger partial charge in [0.15, 0.2) is 0 Å². The van der Waals surface area contributed by atoms with Gasteiger partial charge >= 0.3 is 0 Å². The van der Waals surface area contributed by atoms with Crippen LogP contribution in [0.25, 0.3) is 20.2 Å². The molecule has 2 aromatic heterocycles. The third kappa shape index (κ3) is 2.94. The zero-order valence-corrected chi connectivity index (χ0v) is 17.9. The summed E-state index contributed by atoms with van der Waals surface area (Å²) in [4.78, 5) is 28.8. The van der Waals surface area contributed by atoms with Gasteiger partial charge in [-0.15, -0.1) is 11.3 Å². The number of aryl methyl sites for hydroxylation is 1. The average molecular weight is 418 g/mol. The molecular weight excluding hydrogens is 394 g/mol. The molecule has 152 valence electrons. The number of carbonyl (C=O) groups is 1. The number of carbonyl (C=O) groups excluding carboxylic acids is 1. The van der Waals surface area contributed by atoms with Gasteiger partial charge in [-0.1, -0.05) is 49.4 Å². The van der Waals surface area contributed by atoms with Crippen LogP contribution >= 0.6 is 11.3 Å². The lowest BCUT2D eigenvalue weighted by Gasteiger charge is -2.31. The summed E-state index contributed by atoms with van der Waals surface area (Å²) in [6.07, 6.45) is 1.37. The Balaban J connectivity index is 1.58. The predicted molar refractivity (Wildman–Crippen MR) is 121 cm³/mol. The third-order valence-corrected chi connectivity index (χ3v) is 7.29. The first kappa shape index (κ1) is 19.0. The van der Waals surface area contributed by atoms with E-state index in [1.807, 2.05) is 55.1 Å². The smallest absolute Gasteiger partial charge is 0.276 e. The topological polar surface area (TPSA) is 55.2 Å². The SMILES string of the molecule is CCC(C(=O)N1CCc2ccccc2C1)n1nc(C)c2sc3ccccc3c2c1=O. The van der Waals surface area contributed by atoms with Gasteiger partial charge in [0.25, 0.3) is 5.56 Å². The summed E-state index contributed by atoms with van der Waals surface area (Å²) >= 11 is 1.59. The highest BCUT2D eigenvalue weighted by atomic mass is 32.1. The Morgan fingerprint density at radius 1 is 1.13 bits per heavy atom. The Morgan fingerprint density at radius 2 is 1.87 bits per heavy atom. The summed E-state index contributed by atoms with van der Waals surface area (Å²) in [5, 5.41) is 6.21. The van der Waals surface area contributed by atoms with E-state index in [0.717, 1.165) is 26.9 Å². The Labute approximate surface area is 178 Å². The highest BCUT2D eigenvalue weighted by Crippen LogP contribution is 2.33. The van der Waals surface area contributed by atoms with E-state index < -0.39 is 6.04 Å². The summed E-state index contributed by atoms with van der Waals surface area (Å²) in [7, 11) is 0. The van der Waals surface area contributed by atoms with Crippen LogP contribution < -0.4 is 5.56 Å². The van der Waals surface area contributed by atoms with Crippen LogP contribution in [0.2, 0.25) is 0 Å². The summed E-state index contributed by atoms with van der Waals surface area (Å²) < 4.78 is 3.41. The van der Waals surface area contributed by atoms with Crippen LogP contribution in [0.15, 0.2) is 53.3 Å². The van der Waals surface area contributed by atoms with E-state index in [1.165, 1.54) is 15.8 Å². The van der Waals surface area contributed by atoms with Gasteiger partial charge in [0.05, 0.1) is 15.8 Å². The van der Waals surface area contributed by atoms with E-state index in [1.54, 1.807) is 11.3 Å². The molecule has 4 aromatic rings. The number of fused-ring (bicyclic) bond motifs is 4. The van der Waals surface area contributed by atoms with Gasteiger partial charge in [-0.3, -0.25) is 9.59 Å². The number of aromatic nitrogens is 2. The number of thiophene rings is 1. The van der Waals surface area contributed by atoms with Crippen molar-refractivity contribution in [3.8, 4) is 0 Å². The number of rotatable bonds is 3. The van der Waals surface area contributed by atoms with Crippen molar-refractivity contribution in [2.24, 2.45) is 0 Å². The van der Waals surface area contributed by atoms with Crippen LogP contribution in [0.1, 0.15) is 36.2 Å². The van der Waals surface area contributed by atoms with Gasteiger partial charge in [-0.2, -0.15) is 5.10 Å². The fourth-order valence-electron chi connectivity index (χ4n) is 4.44. The largest absolute Gasteiger partial charge is 0.336 e. The maximum Gasteiger partial charge on any atom is 0.276 e. The van der Waals surface area contributed by atoms with Crippen molar-refractivity contribution in [2.75, 3.05) is 6.54 Å². The third-order valence-electron chi connectivity index (χ3n) is 6.01. The molecule has 5 rings (SSSR count). The molecule has 0 N–H and O–H groups in total. The van der Waals surface area contributed by atoms with Crippen LogP contribution in [0.4, 0.5) is 0 Å². The van der Waals surface area contributed by atoms with E-state index in [9.17, 15) is 9.59 Å². The molecule has 5 nitrogen and oxygen atoms in total. The molecule has 0 fully saturated rings. The average Bonchev–Trinajstić information content (AvgIpc) is 3.17. The molecule has 0 saturated carbocycles. The van der Waals surface area contributed by atoms with E-state index in [-0.39, 0.29) is 11.5 Å². The molecule has 1 aliphatic heterocycles. The molecule has 0 saturated heterocycles. The lowest BCUT2D eigenvalue weighted by atomic mass is 9.99. The molecule has 0 spiro atoms. The van der Waals surface area contributed by atoms with Crippen molar-refractivity contribution in [3.63, 3.8) is 0 Å². The maximum absolute atomic E-state index is 13.5. The first-order chi connectivity index (χ1) is 14.6. The van der Waals surface area contributed by atoms with E-state index in [0.29, 0.717) is 24.9 Å². The molecule has 1 aliphatic rings. The quantitative estimate of drug-likeness (QED) is 0.495. The second kappa shape index (κ2) is 7.36. The van der Waals surface area contributed by atoms with E-state index >= 15 is 0 Å². The highest BCUT2D eigenvalue weighted by molar-refractivity contribution is 7.26. The molecule has 2 aromatic carbocycles. The Hall–Kier alpha value is -2.99. The molecule has 6 heteroatoms. The molecule has 3 heterocycles. The number of nitrogens with zero attached hydrogens (tertiary/aromatic N) is 3. The molecule has 1 amide bonds. The minimum Gasteiger partial charge on any atom is -0.336 e. The molecule has 0 bridgehead atoms. The van der Waals surface area contributed by atoms with Gasteiger partial charge in [0.1, 0.15) is 6.04 Å².